The molecule has 1 aliphatic carbocycles. The maximum atomic E-state index is 13.9. The Morgan fingerprint density at radius 1 is 1.23 bits per heavy atom. The number of hydrogen-bond acceptors (Lipinski definition) is 5. The maximum absolute atomic E-state index is 13.9. The Kier molecular flexibility index (Phi) is 5.79. The van der Waals surface area contributed by atoms with E-state index >= 15 is 0 Å². The fourth-order valence-electron chi connectivity index (χ4n) is 4.43. The van der Waals surface area contributed by atoms with Crippen molar-refractivity contribution in [1.82, 2.24) is 14.8 Å². The summed E-state index contributed by atoms with van der Waals surface area (Å²) in [5, 5.41) is 3.06. The second-order valence-corrected chi connectivity index (χ2v) is 9.25. The molecule has 2 fully saturated rings. The molecule has 0 atom stereocenters. The van der Waals surface area contributed by atoms with E-state index in [1.807, 2.05) is 0 Å². The lowest BCUT2D eigenvalue weighted by atomic mass is 9.81. The molecule has 2 aliphatic rings. The van der Waals surface area contributed by atoms with E-state index in [9.17, 15) is 18.8 Å². The van der Waals surface area contributed by atoms with Crippen LogP contribution < -0.4 is 5.32 Å². The Balaban J connectivity index is 1.43. The first kappa shape index (κ1) is 21.4. The molecule has 4 amide bonds. The summed E-state index contributed by atoms with van der Waals surface area (Å²) in [5.74, 6) is -1.05. The second-order valence-electron chi connectivity index (χ2n) is 8.17. The number of halogens is 1. The smallest absolute Gasteiger partial charge is 0.313 e. The van der Waals surface area contributed by atoms with Gasteiger partial charge in [0.15, 0.2) is 5.13 Å². The lowest BCUT2D eigenvalue weighted by molar-refractivity contribution is -0.136. The highest BCUT2D eigenvalue weighted by molar-refractivity contribution is 7.15. The van der Waals surface area contributed by atoms with Crippen molar-refractivity contribution in [2.75, 3.05) is 18.9 Å². The van der Waals surface area contributed by atoms with Crippen molar-refractivity contribution in [3.05, 3.63) is 46.2 Å². The molecule has 1 aliphatic heterocycles. The van der Waals surface area contributed by atoms with Crippen molar-refractivity contribution >= 4 is 34.3 Å². The van der Waals surface area contributed by atoms with Gasteiger partial charge in [-0.1, -0.05) is 37.5 Å². The van der Waals surface area contributed by atoms with E-state index in [2.05, 4.69) is 10.3 Å². The average molecular weight is 445 g/mol. The van der Waals surface area contributed by atoms with Gasteiger partial charge in [0.05, 0.1) is 5.69 Å². The van der Waals surface area contributed by atoms with Crippen LogP contribution in [0.15, 0.2) is 24.3 Å². The normalized spacial score (nSPS) is 18.2. The molecule has 1 saturated carbocycles. The van der Waals surface area contributed by atoms with Gasteiger partial charge in [-0.25, -0.2) is 14.2 Å². The number of likely N-dealkylation sites (N-methyl/N-ethyl adjacent to an activating group) is 1. The molecule has 2 heterocycles. The van der Waals surface area contributed by atoms with E-state index in [-0.39, 0.29) is 18.3 Å². The predicted molar refractivity (Wildman–Crippen MR) is 115 cm³/mol. The van der Waals surface area contributed by atoms with Gasteiger partial charge < -0.3 is 10.2 Å². The van der Waals surface area contributed by atoms with Gasteiger partial charge >= 0.3 is 6.03 Å². The second kappa shape index (κ2) is 8.37. The number of aryl methyl sites for hydroxylation is 1. The number of carbonyl (C=O) groups excluding carboxylic acids is 3. The van der Waals surface area contributed by atoms with Crippen molar-refractivity contribution in [3.8, 4) is 0 Å². The zero-order chi connectivity index (χ0) is 22.2. The van der Waals surface area contributed by atoms with Crippen LogP contribution in [0, 0.1) is 12.7 Å². The summed E-state index contributed by atoms with van der Waals surface area (Å²) in [5.41, 5.74) is 0.458. The molecule has 1 saturated heterocycles. The molecule has 1 aromatic carbocycles. The molecule has 0 bridgehead atoms. The monoisotopic (exact) mass is 444 g/mol. The summed E-state index contributed by atoms with van der Waals surface area (Å²) < 4.78 is 13.9. The number of thiazole rings is 1. The van der Waals surface area contributed by atoms with Crippen molar-refractivity contribution in [2.45, 2.75) is 51.0 Å². The SMILES string of the molecule is Cc1nc(NC(=O)CN2C(=O)N(C)C3(CCCCC3)C2=O)sc1Cc1ccccc1F. The third kappa shape index (κ3) is 3.94. The molecule has 1 spiro atoms. The van der Waals surface area contributed by atoms with Gasteiger partial charge in [0.25, 0.3) is 5.91 Å². The van der Waals surface area contributed by atoms with Crippen LogP contribution in [0.3, 0.4) is 0 Å². The number of anilines is 1. The van der Waals surface area contributed by atoms with Crippen LogP contribution in [0.5, 0.6) is 0 Å². The minimum Gasteiger partial charge on any atom is -0.313 e. The Labute approximate surface area is 184 Å². The first-order valence-corrected chi connectivity index (χ1v) is 11.2. The first-order chi connectivity index (χ1) is 14.8. The molecule has 164 valence electrons. The van der Waals surface area contributed by atoms with Crippen LogP contribution in [0.4, 0.5) is 14.3 Å². The molecule has 31 heavy (non-hydrogen) atoms. The quantitative estimate of drug-likeness (QED) is 0.713. The number of urea groups is 1. The number of nitrogens with zero attached hydrogens (tertiary/aromatic N) is 3. The molecular formula is C22H25FN4O3S. The predicted octanol–water partition coefficient (Wildman–Crippen LogP) is 3.72. The summed E-state index contributed by atoms with van der Waals surface area (Å²) in [4.78, 5) is 46.0. The van der Waals surface area contributed by atoms with E-state index in [0.29, 0.717) is 35.7 Å². The fraction of sp³-hybridized carbons (Fsp3) is 0.455. The highest BCUT2D eigenvalue weighted by atomic mass is 32.1. The van der Waals surface area contributed by atoms with Crippen LogP contribution in [-0.4, -0.2) is 51.8 Å². The Bertz CT molecular complexity index is 1030. The van der Waals surface area contributed by atoms with Gasteiger partial charge in [0, 0.05) is 18.3 Å². The van der Waals surface area contributed by atoms with Gasteiger partial charge in [-0.15, -0.1) is 11.3 Å². The Morgan fingerprint density at radius 3 is 2.65 bits per heavy atom. The molecule has 4 rings (SSSR count). The molecule has 1 aromatic heterocycles. The number of benzene rings is 1. The van der Waals surface area contributed by atoms with Gasteiger partial charge in [0.2, 0.25) is 5.91 Å². The van der Waals surface area contributed by atoms with Crippen molar-refractivity contribution in [3.63, 3.8) is 0 Å². The molecule has 7 nitrogen and oxygen atoms in total. The van der Waals surface area contributed by atoms with Gasteiger partial charge in [-0.05, 0) is 31.4 Å². The van der Waals surface area contributed by atoms with Crippen molar-refractivity contribution < 1.29 is 18.8 Å². The molecule has 0 unspecified atom stereocenters. The molecule has 2 aromatic rings. The number of nitrogens with one attached hydrogen (secondary N) is 1. The zero-order valence-corrected chi connectivity index (χ0v) is 18.4. The number of rotatable bonds is 5. The topological polar surface area (TPSA) is 82.6 Å². The number of carbonyl (C=O) groups is 3. The third-order valence-corrected chi connectivity index (χ3v) is 7.31. The molecule has 1 N–H and O–H groups in total. The van der Waals surface area contributed by atoms with Gasteiger partial charge in [0.1, 0.15) is 17.9 Å². The summed E-state index contributed by atoms with van der Waals surface area (Å²) in [6.07, 6.45) is 4.49. The summed E-state index contributed by atoms with van der Waals surface area (Å²) in [7, 11) is 1.64. The van der Waals surface area contributed by atoms with Crippen molar-refractivity contribution in [1.29, 1.82) is 0 Å². The molecule has 9 heteroatoms. The number of hydrogen-bond donors (Lipinski definition) is 1. The Morgan fingerprint density at radius 2 is 1.94 bits per heavy atom. The highest BCUT2D eigenvalue weighted by Crippen LogP contribution is 2.39. The first-order valence-electron chi connectivity index (χ1n) is 10.4. The standard InChI is InChI=1S/C22H25FN4O3S/c1-14-17(12-15-8-4-5-9-16(15)23)31-20(24-14)25-18(28)13-27-19(29)22(26(2)21(27)30)10-6-3-7-11-22/h4-5,8-9H,3,6-7,10-13H2,1-2H3,(H,24,25,28). The minimum absolute atomic E-state index is 0.285. The van der Waals surface area contributed by atoms with E-state index < -0.39 is 17.5 Å². The van der Waals surface area contributed by atoms with Crippen LogP contribution >= 0.6 is 11.3 Å². The van der Waals surface area contributed by atoms with Crippen molar-refractivity contribution in [2.24, 2.45) is 0 Å². The van der Waals surface area contributed by atoms with Gasteiger partial charge in [-0.3, -0.25) is 14.5 Å². The lowest BCUT2D eigenvalue weighted by Gasteiger charge is -2.35. The average Bonchev–Trinajstić information content (AvgIpc) is 3.17. The van der Waals surface area contributed by atoms with Gasteiger partial charge in [-0.2, -0.15) is 0 Å². The zero-order valence-electron chi connectivity index (χ0n) is 17.6. The van der Waals surface area contributed by atoms with Crippen LogP contribution in [0.2, 0.25) is 0 Å². The number of amides is 4. The van der Waals surface area contributed by atoms with Crippen LogP contribution in [0.25, 0.3) is 0 Å². The number of imide groups is 1. The summed E-state index contributed by atoms with van der Waals surface area (Å²) in [6, 6.07) is 6.11. The summed E-state index contributed by atoms with van der Waals surface area (Å²) >= 11 is 1.26. The lowest BCUT2D eigenvalue weighted by Crippen LogP contribution is -2.49. The third-order valence-electron chi connectivity index (χ3n) is 6.23. The minimum atomic E-state index is -0.805. The highest BCUT2D eigenvalue weighted by Gasteiger charge is 2.55. The molecular weight excluding hydrogens is 419 g/mol. The van der Waals surface area contributed by atoms with Crippen LogP contribution in [0.1, 0.15) is 48.2 Å². The largest absolute Gasteiger partial charge is 0.327 e. The van der Waals surface area contributed by atoms with E-state index in [4.69, 9.17) is 0 Å². The number of aromatic nitrogens is 1. The van der Waals surface area contributed by atoms with Crippen LogP contribution in [-0.2, 0) is 16.0 Å². The maximum Gasteiger partial charge on any atom is 0.327 e. The van der Waals surface area contributed by atoms with E-state index in [1.165, 1.54) is 22.3 Å². The summed E-state index contributed by atoms with van der Waals surface area (Å²) in [6.45, 7) is 1.46. The Hall–Kier alpha value is -2.81. The van der Waals surface area contributed by atoms with E-state index in [0.717, 1.165) is 29.0 Å². The van der Waals surface area contributed by atoms with E-state index in [1.54, 1.807) is 32.2 Å². The fourth-order valence-corrected chi connectivity index (χ4v) is 5.44. The molecule has 0 radical (unpaired) electrons.